The molecular formula is C21H28N2O3. The second-order valence-electron chi connectivity index (χ2n) is 6.26. The Hall–Kier alpha value is -2.56. The van der Waals surface area contributed by atoms with Crippen LogP contribution in [-0.2, 0) is 29.0 Å². The first-order valence-electron chi connectivity index (χ1n) is 9.15. The average Bonchev–Trinajstić information content (AvgIpc) is 2.88. The van der Waals surface area contributed by atoms with E-state index in [-0.39, 0.29) is 11.9 Å². The highest BCUT2D eigenvalue weighted by Crippen LogP contribution is 2.24. The van der Waals surface area contributed by atoms with E-state index >= 15 is 0 Å². The first-order valence-corrected chi connectivity index (χ1v) is 9.15. The summed E-state index contributed by atoms with van der Waals surface area (Å²) < 4.78 is 7.29. The van der Waals surface area contributed by atoms with Gasteiger partial charge in [0.25, 0.3) is 0 Å². The summed E-state index contributed by atoms with van der Waals surface area (Å²) in [6.45, 7) is 9.35. The Morgan fingerprint density at radius 1 is 1.12 bits per heavy atom. The molecule has 1 heterocycles. The molecule has 1 N–H and O–H groups in total. The van der Waals surface area contributed by atoms with Gasteiger partial charge in [0, 0.05) is 30.9 Å². The molecule has 2 rings (SSSR count). The van der Waals surface area contributed by atoms with Crippen molar-refractivity contribution in [3.05, 3.63) is 58.4 Å². The van der Waals surface area contributed by atoms with Crippen LogP contribution in [0, 0.1) is 13.8 Å². The summed E-state index contributed by atoms with van der Waals surface area (Å²) in [6, 6.07) is 9.84. The molecule has 5 nitrogen and oxygen atoms in total. The van der Waals surface area contributed by atoms with Crippen molar-refractivity contribution >= 4 is 11.9 Å². The van der Waals surface area contributed by atoms with E-state index < -0.39 is 0 Å². The number of nitrogens with one attached hydrogen (secondary N) is 1. The largest absolute Gasteiger partial charge is 0.462 e. The van der Waals surface area contributed by atoms with Crippen molar-refractivity contribution in [2.24, 2.45) is 0 Å². The van der Waals surface area contributed by atoms with Gasteiger partial charge in [0.05, 0.1) is 12.2 Å². The minimum absolute atomic E-state index is 0.00689. The third kappa shape index (κ3) is 4.54. The minimum atomic E-state index is -0.288. The lowest BCUT2D eigenvalue weighted by Crippen LogP contribution is -2.23. The maximum atomic E-state index is 12.3. The fraction of sp³-hybridized carbons (Fsp3) is 0.429. The number of carbonyl (C=O) groups is 2. The highest BCUT2D eigenvalue weighted by atomic mass is 16.5. The van der Waals surface area contributed by atoms with Gasteiger partial charge in [-0.25, -0.2) is 4.79 Å². The van der Waals surface area contributed by atoms with E-state index in [0.29, 0.717) is 31.6 Å². The van der Waals surface area contributed by atoms with E-state index in [1.165, 1.54) is 0 Å². The molecule has 0 fully saturated rings. The van der Waals surface area contributed by atoms with E-state index in [0.717, 1.165) is 29.1 Å². The summed E-state index contributed by atoms with van der Waals surface area (Å²) in [4.78, 5) is 24.5. The predicted molar refractivity (Wildman–Crippen MR) is 102 cm³/mol. The molecule has 0 aliphatic rings. The standard InChI is InChI=1S/C21H28N2O3/c1-5-23-16(4)20(21(25)26-6-2)15(3)18(23)12-13-19(24)22-14-17-10-8-7-9-11-17/h7-11H,5-6,12-14H2,1-4H3,(H,22,24). The zero-order valence-corrected chi connectivity index (χ0v) is 16.1. The Morgan fingerprint density at radius 2 is 1.81 bits per heavy atom. The normalized spacial score (nSPS) is 10.6. The Kier molecular flexibility index (Phi) is 7.01. The van der Waals surface area contributed by atoms with E-state index in [2.05, 4.69) is 9.88 Å². The summed E-state index contributed by atoms with van der Waals surface area (Å²) in [5, 5.41) is 2.95. The number of hydrogen-bond donors (Lipinski definition) is 1. The first-order chi connectivity index (χ1) is 12.5. The topological polar surface area (TPSA) is 60.3 Å². The van der Waals surface area contributed by atoms with Crippen LogP contribution in [-0.4, -0.2) is 23.1 Å². The molecule has 1 amide bonds. The number of benzene rings is 1. The molecule has 5 heteroatoms. The lowest BCUT2D eigenvalue weighted by atomic mass is 10.1. The lowest BCUT2D eigenvalue weighted by Gasteiger charge is -2.10. The summed E-state index contributed by atoms with van der Waals surface area (Å²) in [5.41, 5.74) is 4.56. The SMILES string of the molecule is CCOC(=O)c1c(C)c(CCC(=O)NCc2ccccc2)n(CC)c1C. The second-order valence-corrected chi connectivity index (χ2v) is 6.26. The number of ether oxygens (including phenoxy) is 1. The maximum Gasteiger partial charge on any atom is 0.340 e. The fourth-order valence-corrected chi connectivity index (χ4v) is 3.33. The molecule has 26 heavy (non-hydrogen) atoms. The monoisotopic (exact) mass is 356 g/mol. The van der Waals surface area contributed by atoms with Gasteiger partial charge in [-0.05, 0) is 45.2 Å². The highest BCUT2D eigenvalue weighted by molar-refractivity contribution is 5.93. The Labute approximate surface area is 155 Å². The molecule has 0 radical (unpaired) electrons. The van der Waals surface area contributed by atoms with Gasteiger partial charge in [0.15, 0.2) is 0 Å². The molecule has 140 valence electrons. The van der Waals surface area contributed by atoms with Crippen LogP contribution < -0.4 is 5.32 Å². The number of aromatic nitrogens is 1. The molecule has 0 saturated carbocycles. The Bertz CT molecular complexity index is 763. The van der Waals surface area contributed by atoms with Crippen LogP contribution >= 0.6 is 0 Å². The van der Waals surface area contributed by atoms with E-state index in [9.17, 15) is 9.59 Å². The number of amides is 1. The summed E-state index contributed by atoms with van der Waals surface area (Å²) in [5.74, 6) is -0.281. The van der Waals surface area contributed by atoms with E-state index in [1.807, 2.05) is 51.1 Å². The lowest BCUT2D eigenvalue weighted by molar-refractivity contribution is -0.121. The zero-order chi connectivity index (χ0) is 19.1. The molecular weight excluding hydrogens is 328 g/mol. The zero-order valence-electron chi connectivity index (χ0n) is 16.1. The second kappa shape index (κ2) is 9.22. The molecule has 0 aliphatic carbocycles. The number of nitrogens with zero attached hydrogens (tertiary/aromatic N) is 1. The van der Waals surface area contributed by atoms with Crippen LogP contribution in [0.1, 0.15) is 53.1 Å². The van der Waals surface area contributed by atoms with Crippen molar-refractivity contribution in [1.82, 2.24) is 9.88 Å². The van der Waals surface area contributed by atoms with Gasteiger partial charge in [-0.15, -0.1) is 0 Å². The van der Waals surface area contributed by atoms with Gasteiger partial charge >= 0.3 is 5.97 Å². The Morgan fingerprint density at radius 3 is 2.42 bits per heavy atom. The molecule has 0 aliphatic heterocycles. The smallest absolute Gasteiger partial charge is 0.340 e. The molecule has 0 unspecified atom stereocenters. The molecule has 0 saturated heterocycles. The van der Waals surface area contributed by atoms with Crippen molar-refractivity contribution in [3.63, 3.8) is 0 Å². The van der Waals surface area contributed by atoms with E-state index in [1.54, 1.807) is 6.92 Å². The fourth-order valence-electron chi connectivity index (χ4n) is 3.33. The molecule has 1 aromatic carbocycles. The van der Waals surface area contributed by atoms with Crippen molar-refractivity contribution in [2.45, 2.75) is 53.6 Å². The van der Waals surface area contributed by atoms with Gasteiger partial charge in [0.2, 0.25) is 5.91 Å². The minimum Gasteiger partial charge on any atom is -0.462 e. The summed E-state index contributed by atoms with van der Waals surface area (Å²) >= 11 is 0. The van der Waals surface area contributed by atoms with Gasteiger partial charge in [-0.1, -0.05) is 30.3 Å². The maximum absolute atomic E-state index is 12.3. The van der Waals surface area contributed by atoms with Crippen molar-refractivity contribution in [1.29, 1.82) is 0 Å². The third-order valence-electron chi connectivity index (χ3n) is 4.62. The van der Waals surface area contributed by atoms with Crippen LogP contribution in [0.2, 0.25) is 0 Å². The van der Waals surface area contributed by atoms with Gasteiger partial charge in [-0.2, -0.15) is 0 Å². The number of rotatable bonds is 8. The number of carbonyl (C=O) groups excluding carboxylic acids is 2. The summed E-state index contributed by atoms with van der Waals surface area (Å²) in [7, 11) is 0. The average molecular weight is 356 g/mol. The third-order valence-corrected chi connectivity index (χ3v) is 4.62. The van der Waals surface area contributed by atoms with Crippen molar-refractivity contribution in [2.75, 3.05) is 6.61 Å². The van der Waals surface area contributed by atoms with Crippen LogP contribution in [0.3, 0.4) is 0 Å². The summed E-state index contributed by atoms with van der Waals surface area (Å²) in [6.07, 6.45) is 0.986. The highest BCUT2D eigenvalue weighted by Gasteiger charge is 2.22. The van der Waals surface area contributed by atoms with Crippen LogP contribution in [0.4, 0.5) is 0 Å². The van der Waals surface area contributed by atoms with Crippen LogP contribution in [0.25, 0.3) is 0 Å². The molecule has 0 spiro atoms. The number of hydrogen-bond acceptors (Lipinski definition) is 3. The van der Waals surface area contributed by atoms with Crippen molar-refractivity contribution in [3.8, 4) is 0 Å². The van der Waals surface area contributed by atoms with Gasteiger partial charge < -0.3 is 14.6 Å². The van der Waals surface area contributed by atoms with E-state index in [4.69, 9.17) is 4.74 Å². The first kappa shape index (κ1) is 19.8. The predicted octanol–water partition coefficient (Wildman–Crippen LogP) is 3.55. The molecule has 2 aromatic rings. The molecule has 0 bridgehead atoms. The number of esters is 1. The van der Waals surface area contributed by atoms with Crippen molar-refractivity contribution < 1.29 is 14.3 Å². The van der Waals surface area contributed by atoms with Gasteiger partial charge in [0.1, 0.15) is 0 Å². The molecule has 1 aromatic heterocycles. The van der Waals surface area contributed by atoms with Crippen LogP contribution in [0.15, 0.2) is 30.3 Å². The Balaban J connectivity index is 2.05. The van der Waals surface area contributed by atoms with Gasteiger partial charge in [-0.3, -0.25) is 4.79 Å². The molecule has 0 atom stereocenters. The van der Waals surface area contributed by atoms with Crippen LogP contribution in [0.5, 0.6) is 0 Å². The quantitative estimate of drug-likeness (QED) is 0.736.